The van der Waals surface area contributed by atoms with Crippen LogP contribution in [0.4, 0.5) is 10.8 Å². The van der Waals surface area contributed by atoms with Crippen LogP contribution in [0.5, 0.6) is 0 Å². The smallest absolute Gasteiger partial charge is 0.230 e. The fourth-order valence-electron chi connectivity index (χ4n) is 3.44. The summed E-state index contributed by atoms with van der Waals surface area (Å²) in [4.78, 5) is 20.8. The second-order valence-electron chi connectivity index (χ2n) is 7.17. The first-order chi connectivity index (χ1) is 14.4. The number of sulfone groups is 1. The number of rotatable bonds is 6. The van der Waals surface area contributed by atoms with Crippen molar-refractivity contribution in [1.29, 1.82) is 0 Å². The number of thiazole rings is 1. The predicted octanol–water partition coefficient (Wildman–Crippen LogP) is 3.68. The monoisotopic (exact) mass is 441 g/mol. The van der Waals surface area contributed by atoms with E-state index in [1.807, 2.05) is 18.2 Å². The third kappa shape index (κ3) is 4.55. The van der Waals surface area contributed by atoms with E-state index in [2.05, 4.69) is 27.3 Å². The fraction of sp³-hybridized carbons (Fsp3) is 0.273. The Hall–Kier alpha value is -2.71. The third-order valence-electron chi connectivity index (χ3n) is 5.13. The van der Waals surface area contributed by atoms with Crippen molar-refractivity contribution < 1.29 is 13.2 Å². The summed E-state index contributed by atoms with van der Waals surface area (Å²) in [6, 6.07) is 16.8. The molecule has 156 valence electrons. The number of nitrogens with zero attached hydrogens (tertiary/aromatic N) is 2. The molecule has 0 atom stereocenters. The topological polar surface area (TPSA) is 79.4 Å². The summed E-state index contributed by atoms with van der Waals surface area (Å²) in [5.41, 5.74) is 3.01. The second-order valence-corrected chi connectivity index (χ2v) is 10.5. The molecule has 4 rings (SSSR count). The molecule has 0 spiro atoms. The summed E-state index contributed by atoms with van der Waals surface area (Å²) in [6.07, 6.45) is 1.02. The molecule has 2 aromatic carbocycles. The van der Waals surface area contributed by atoms with Gasteiger partial charge < -0.3 is 10.2 Å². The molecule has 8 heteroatoms. The minimum Gasteiger partial charge on any atom is -0.366 e. The molecule has 1 aliphatic heterocycles. The number of hydrogen-bond acceptors (Lipinski definition) is 6. The Kier molecular flexibility index (Phi) is 5.87. The van der Waals surface area contributed by atoms with Crippen LogP contribution in [0.1, 0.15) is 23.1 Å². The first kappa shape index (κ1) is 20.6. The van der Waals surface area contributed by atoms with Gasteiger partial charge >= 0.3 is 0 Å². The van der Waals surface area contributed by atoms with Crippen LogP contribution in [0.25, 0.3) is 0 Å². The van der Waals surface area contributed by atoms with E-state index in [0.717, 1.165) is 30.8 Å². The maximum Gasteiger partial charge on any atom is 0.230 e. The van der Waals surface area contributed by atoms with Crippen molar-refractivity contribution in [2.45, 2.75) is 31.2 Å². The number of nitrogens with one attached hydrogen (secondary N) is 1. The van der Waals surface area contributed by atoms with Gasteiger partial charge in [0.15, 0.2) is 15.0 Å². The molecule has 0 radical (unpaired) electrons. The molecule has 1 N–H and O–H groups in total. The van der Waals surface area contributed by atoms with Crippen molar-refractivity contribution >= 4 is 37.9 Å². The van der Waals surface area contributed by atoms with Crippen molar-refractivity contribution in [3.8, 4) is 0 Å². The van der Waals surface area contributed by atoms with Crippen LogP contribution in [-0.4, -0.2) is 31.6 Å². The highest BCUT2D eigenvalue weighted by Gasteiger charge is 2.21. The van der Waals surface area contributed by atoms with Crippen molar-refractivity contribution in [1.82, 2.24) is 4.98 Å². The molecule has 0 bridgehead atoms. The van der Waals surface area contributed by atoms with Gasteiger partial charge in [-0.15, -0.1) is 0 Å². The summed E-state index contributed by atoms with van der Waals surface area (Å²) in [5.74, 6) is -0.101. The van der Waals surface area contributed by atoms with Crippen LogP contribution in [0, 0.1) is 0 Å². The standard InChI is InChI=1S/C22H23N3O3S2/c1-2-30(27,28)18-10-8-16(9-11-18)14-21(26)24-22-23-19-12-13-25(15-20(19)29-22)17-6-4-3-5-7-17/h3-11H,2,12-15H2,1H3,(H,23,24,26). The Morgan fingerprint density at radius 3 is 2.57 bits per heavy atom. The lowest BCUT2D eigenvalue weighted by Crippen LogP contribution is -2.29. The first-order valence-corrected chi connectivity index (χ1v) is 12.3. The minimum absolute atomic E-state index is 0.0588. The zero-order chi connectivity index (χ0) is 21.1. The number of carbonyl (C=O) groups excluding carboxylic acids is 1. The second kappa shape index (κ2) is 8.57. The lowest BCUT2D eigenvalue weighted by atomic mass is 10.1. The number of hydrogen-bond donors (Lipinski definition) is 1. The maximum atomic E-state index is 12.4. The maximum absolute atomic E-state index is 12.4. The zero-order valence-electron chi connectivity index (χ0n) is 16.7. The Balaban J connectivity index is 1.39. The molecular formula is C22H23N3O3S2. The molecule has 2 heterocycles. The lowest BCUT2D eigenvalue weighted by Gasteiger charge is -2.28. The summed E-state index contributed by atoms with van der Waals surface area (Å²) in [7, 11) is -3.23. The van der Waals surface area contributed by atoms with Gasteiger partial charge in [0.1, 0.15) is 0 Å². The van der Waals surface area contributed by atoms with Crippen LogP contribution in [0.2, 0.25) is 0 Å². The van der Waals surface area contributed by atoms with E-state index in [4.69, 9.17) is 0 Å². The summed E-state index contributed by atoms with van der Waals surface area (Å²) >= 11 is 1.52. The van der Waals surface area contributed by atoms with Gasteiger partial charge in [0.25, 0.3) is 0 Å². The van der Waals surface area contributed by atoms with Crippen molar-refractivity contribution in [2.24, 2.45) is 0 Å². The molecule has 1 amide bonds. The highest BCUT2D eigenvalue weighted by molar-refractivity contribution is 7.91. The van der Waals surface area contributed by atoms with Crippen LogP contribution in [0.15, 0.2) is 59.5 Å². The van der Waals surface area contributed by atoms with Crippen LogP contribution >= 0.6 is 11.3 Å². The molecule has 0 saturated heterocycles. The minimum atomic E-state index is -3.23. The Bertz CT molecular complexity index is 1140. The molecule has 3 aromatic rings. The number of carbonyl (C=O) groups is 1. The van der Waals surface area contributed by atoms with Crippen LogP contribution in [0.3, 0.4) is 0 Å². The van der Waals surface area contributed by atoms with Gasteiger partial charge in [-0.1, -0.05) is 48.6 Å². The first-order valence-electron chi connectivity index (χ1n) is 9.85. The van der Waals surface area contributed by atoms with Crippen molar-refractivity contribution in [3.05, 3.63) is 70.7 Å². The van der Waals surface area contributed by atoms with Crippen molar-refractivity contribution in [3.63, 3.8) is 0 Å². The third-order valence-corrected chi connectivity index (χ3v) is 7.87. The zero-order valence-corrected chi connectivity index (χ0v) is 18.3. The number of amides is 1. The molecule has 1 aliphatic rings. The van der Waals surface area contributed by atoms with E-state index in [0.29, 0.717) is 5.13 Å². The van der Waals surface area contributed by atoms with E-state index in [1.54, 1.807) is 31.2 Å². The normalized spacial score (nSPS) is 13.7. The summed E-state index contributed by atoms with van der Waals surface area (Å²) < 4.78 is 23.8. The Morgan fingerprint density at radius 2 is 1.87 bits per heavy atom. The average molecular weight is 442 g/mol. The van der Waals surface area contributed by atoms with Gasteiger partial charge in [-0.25, -0.2) is 13.4 Å². The summed E-state index contributed by atoms with van der Waals surface area (Å²) in [6.45, 7) is 3.31. The average Bonchev–Trinajstić information content (AvgIpc) is 3.16. The van der Waals surface area contributed by atoms with Gasteiger partial charge in [0, 0.05) is 23.5 Å². The number of aromatic nitrogens is 1. The Morgan fingerprint density at radius 1 is 1.13 bits per heavy atom. The van der Waals surface area contributed by atoms with E-state index < -0.39 is 9.84 Å². The molecule has 0 unspecified atom stereocenters. The number of para-hydroxylation sites is 1. The molecule has 0 aliphatic carbocycles. The van der Waals surface area contributed by atoms with Gasteiger partial charge in [0.05, 0.1) is 29.3 Å². The van der Waals surface area contributed by atoms with Crippen molar-refractivity contribution in [2.75, 3.05) is 22.5 Å². The van der Waals surface area contributed by atoms with Crippen LogP contribution in [-0.2, 0) is 34.0 Å². The van der Waals surface area contributed by atoms with Gasteiger partial charge in [-0.2, -0.15) is 0 Å². The molecule has 0 saturated carbocycles. The molecular weight excluding hydrogens is 418 g/mol. The van der Waals surface area contributed by atoms with E-state index in [-0.39, 0.29) is 23.0 Å². The van der Waals surface area contributed by atoms with E-state index in [9.17, 15) is 13.2 Å². The van der Waals surface area contributed by atoms with E-state index >= 15 is 0 Å². The van der Waals surface area contributed by atoms with E-state index in [1.165, 1.54) is 21.9 Å². The molecule has 6 nitrogen and oxygen atoms in total. The highest BCUT2D eigenvalue weighted by atomic mass is 32.2. The fourth-order valence-corrected chi connectivity index (χ4v) is 5.36. The molecule has 30 heavy (non-hydrogen) atoms. The number of anilines is 2. The molecule has 1 aromatic heterocycles. The molecule has 0 fully saturated rings. The number of fused-ring (bicyclic) bond motifs is 1. The summed E-state index contributed by atoms with van der Waals surface area (Å²) in [5, 5.41) is 3.51. The predicted molar refractivity (Wildman–Crippen MR) is 120 cm³/mol. The van der Waals surface area contributed by atoms with Gasteiger partial charge in [-0.05, 0) is 29.8 Å². The lowest BCUT2D eigenvalue weighted by molar-refractivity contribution is -0.115. The number of benzene rings is 2. The largest absolute Gasteiger partial charge is 0.366 e. The van der Waals surface area contributed by atoms with Gasteiger partial charge in [0.2, 0.25) is 5.91 Å². The Labute approximate surface area is 180 Å². The SMILES string of the molecule is CCS(=O)(=O)c1ccc(CC(=O)Nc2nc3c(s2)CN(c2ccccc2)CC3)cc1. The van der Waals surface area contributed by atoms with Crippen LogP contribution < -0.4 is 10.2 Å². The van der Waals surface area contributed by atoms with Gasteiger partial charge in [-0.3, -0.25) is 4.79 Å². The highest BCUT2D eigenvalue weighted by Crippen LogP contribution is 2.30. The quantitative estimate of drug-likeness (QED) is 0.631.